The lowest BCUT2D eigenvalue weighted by atomic mass is 9.95. The second-order valence-corrected chi connectivity index (χ2v) is 8.73. The largest absolute Gasteiger partial charge is 0.480 e. The predicted molar refractivity (Wildman–Crippen MR) is 105 cm³/mol. The van der Waals surface area contributed by atoms with Crippen LogP contribution in [0.5, 0.6) is 0 Å². The van der Waals surface area contributed by atoms with E-state index in [9.17, 15) is 9.90 Å². The summed E-state index contributed by atoms with van der Waals surface area (Å²) < 4.78 is 0. The molecule has 1 saturated carbocycles. The van der Waals surface area contributed by atoms with Gasteiger partial charge in [0.1, 0.15) is 6.04 Å². The van der Waals surface area contributed by atoms with Gasteiger partial charge >= 0.3 is 5.97 Å². The van der Waals surface area contributed by atoms with E-state index in [2.05, 4.69) is 11.0 Å². The van der Waals surface area contributed by atoms with E-state index < -0.39 is 12.0 Å². The summed E-state index contributed by atoms with van der Waals surface area (Å²) in [6.07, 6.45) is 11.1. The topological polar surface area (TPSA) is 40.5 Å². The van der Waals surface area contributed by atoms with Gasteiger partial charge in [-0.1, -0.05) is 74.7 Å². The SMILES string of the molecule is O=C(O)C1CSC(c2ccccc2Cl)N1C1CCCCCCCCC1. The van der Waals surface area contributed by atoms with Crippen LogP contribution in [0.3, 0.4) is 0 Å². The molecule has 1 saturated heterocycles. The molecule has 1 N–H and O–H groups in total. The highest BCUT2D eigenvalue weighted by Crippen LogP contribution is 2.46. The molecule has 5 heteroatoms. The average Bonchev–Trinajstić information content (AvgIpc) is 3.05. The van der Waals surface area contributed by atoms with E-state index in [0.717, 1.165) is 23.4 Å². The normalized spacial score (nSPS) is 27.2. The van der Waals surface area contributed by atoms with Crippen molar-refractivity contribution in [2.24, 2.45) is 0 Å². The Balaban J connectivity index is 1.85. The summed E-state index contributed by atoms with van der Waals surface area (Å²) in [6, 6.07) is 7.85. The van der Waals surface area contributed by atoms with E-state index in [1.54, 1.807) is 11.8 Å². The molecule has 0 bridgehead atoms. The van der Waals surface area contributed by atoms with Crippen molar-refractivity contribution in [3.63, 3.8) is 0 Å². The van der Waals surface area contributed by atoms with Crippen molar-refractivity contribution in [3.05, 3.63) is 34.9 Å². The molecule has 1 aromatic carbocycles. The number of carbonyl (C=O) groups is 1. The average molecular weight is 382 g/mol. The third-order valence-corrected chi connectivity index (χ3v) is 7.16. The standard InChI is InChI=1S/C20H28ClNO2S/c21-17-13-9-8-12-16(17)19-22(18(14-25-19)20(23)24)15-10-6-4-2-1-3-5-7-11-15/h8-9,12-13,15,18-19H,1-7,10-11,14H2,(H,23,24). The Labute approximate surface area is 160 Å². The van der Waals surface area contributed by atoms with Gasteiger partial charge in [0.15, 0.2) is 0 Å². The molecular weight excluding hydrogens is 354 g/mol. The molecule has 138 valence electrons. The first kappa shape index (κ1) is 19.1. The first-order valence-electron chi connectivity index (χ1n) is 9.55. The van der Waals surface area contributed by atoms with E-state index in [1.807, 2.05) is 18.2 Å². The maximum atomic E-state index is 11.9. The smallest absolute Gasteiger partial charge is 0.321 e. The fourth-order valence-corrected chi connectivity index (χ4v) is 6.03. The summed E-state index contributed by atoms with van der Waals surface area (Å²) in [5, 5.41) is 10.6. The van der Waals surface area contributed by atoms with Gasteiger partial charge in [0.05, 0.1) is 5.37 Å². The minimum Gasteiger partial charge on any atom is -0.480 e. The van der Waals surface area contributed by atoms with Gasteiger partial charge < -0.3 is 5.11 Å². The van der Waals surface area contributed by atoms with Crippen LogP contribution in [-0.4, -0.2) is 33.8 Å². The van der Waals surface area contributed by atoms with Crippen LogP contribution in [0.25, 0.3) is 0 Å². The number of thioether (sulfide) groups is 1. The molecule has 25 heavy (non-hydrogen) atoms. The maximum absolute atomic E-state index is 11.9. The number of hydrogen-bond donors (Lipinski definition) is 1. The first-order valence-corrected chi connectivity index (χ1v) is 11.0. The van der Waals surface area contributed by atoms with Crippen LogP contribution in [-0.2, 0) is 4.79 Å². The van der Waals surface area contributed by atoms with Crippen LogP contribution in [0.4, 0.5) is 0 Å². The zero-order valence-corrected chi connectivity index (χ0v) is 16.3. The van der Waals surface area contributed by atoms with Crippen LogP contribution in [0.15, 0.2) is 24.3 Å². The Bertz CT molecular complexity index is 573. The lowest BCUT2D eigenvalue weighted by Crippen LogP contribution is -2.45. The third-order valence-electron chi connectivity index (χ3n) is 5.50. The maximum Gasteiger partial charge on any atom is 0.321 e. The van der Waals surface area contributed by atoms with E-state index in [0.29, 0.717) is 11.8 Å². The van der Waals surface area contributed by atoms with Gasteiger partial charge in [-0.2, -0.15) is 0 Å². The second-order valence-electron chi connectivity index (χ2n) is 7.21. The zero-order chi connectivity index (χ0) is 17.6. The van der Waals surface area contributed by atoms with Crippen molar-refractivity contribution >= 4 is 29.3 Å². The van der Waals surface area contributed by atoms with Crippen LogP contribution in [0.1, 0.15) is 68.7 Å². The van der Waals surface area contributed by atoms with Gasteiger partial charge in [-0.3, -0.25) is 9.69 Å². The highest BCUT2D eigenvalue weighted by molar-refractivity contribution is 7.99. The fraction of sp³-hybridized carbons (Fsp3) is 0.650. The van der Waals surface area contributed by atoms with Crippen LogP contribution < -0.4 is 0 Å². The number of hydrogen-bond acceptors (Lipinski definition) is 3. The number of aliphatic carboxylic acids is 1. The van der Waals surface area contributed by atoms with Crippen molar-refractivity contribution in [3.8, 4) is 0 Å². The summed E-state index contributed by atoms with van der Waals surface area (Å²) in [7, 11) is 0. The molecule has 1 aliphatic carbocycles. The van der Waals surface area contributed by atoms with Crippen molar-refractivity contribution < 1.29 is 9.90 Å². The molecule has 0 amide bonds. The molecule has 2 aliphatic rings. The Morgan fingerprint density at radius 2 is 1.64 bits per heavy atom. The second kappa shape index (κ2) is 9.29. The molecule has 2 atom stereocenters. The lowest BCUT2D eigenvalue weighted by molar-refractivity contribution is -0.143. The molecule has 1 aromatic rings. The summed E-state index contributed by atoms with van der Waals surface area (Å²) in [4.78, 5) is 14.2. The van der Waals surface area contributed by atoms with Crippen molar-refractivity contribution in [2.75, 3.05) is 5.75 Å². The van der Waals surface area contributed by atoms with Gasteiger partial charge in [0, 0.05) is 16.8 Å². The minimum absolute atomic E-state index is 0.0581. The third kappa shape index (κ3) is 4.72. The number of benzene rings is 1. The van der Waals surface area contributed by atoms with Crippen molar-refractivity contribution in [1.82, 2.24) is 4.90 Å². The van der Waals surface area contributed by atoms with E-state index in [-0.39, 0.29) is 5.37 Å². The number of carboxylic acid groups (broad SMARTS) is 1. The van der Waals surface area contributed by atoms with Gasteiger partial charge in [-0.15, -0.1) is 11.8 Å². The Morgan fingerprint density at radius 1 is 1.04 bits per heavy atom. The molecule has 3 nitrogen and oxygen atoms in total. The van der Waals surface area contributed by atoms with Crippen LogP contribution >= 0.6 is 23.4 Å². The molecule has 2 fully saturated rings. The van der Waals surface area contributed by atoms with Gasteiger partial charge in [-0.25, -0.2) is 0 Å². The Hall–Kier alpha value is -0.710. The summed E-state index contributed by atoms with van der Waals surface area (Å²) in [6.45, 7) is 0. The quantitative estimate of drug-likeness (QED) is 0.725. The summed E-state index contributed by atoms with van der Waals surface area (Å²) >= 11 is 8.18. The molecule has 0 radical (unpaired) electrons. The first-order chi connectivity index (χ1) is 12.2. The lowest BCUT2D eigenvalue weighted by Gasteiger charge is -2.36. The van der Waals surface area contributed by atoms with Crippen molar-refractivity contribution in [2.45, 2.75) is 75.2 Å². The molecule has 0 aromatic heterocycles. The van der Waals surface area contributed by atoms with Gasteiger partial charge in [0.25, 0.3) is 0 Å². The zero-order valence-electron chi connectivity index (χ0n) is 14.7. The van der Waals surface area contributed by atoms with Crippen LogP contribution in [0.2, 0.25) is 5.02 Å². The number of halogens is 1. The number of carboxylic acids is 1. The minimum atomic E-state index is -0.695. The number of nitrogens with zero attached hydrogens (tertiary/aromatic N) is 1. The van der Waals surface area contributed by atoms with Crippen molar-refractivity contribution in [1.29, 1.82) is 0 Å². The molecule has 3 rings (SSSR count). The predicted octanol–water partition coefficient (Wildman–Crippen LogP) is 5.73. The highest BCUT2D eigenvalue weighted by Gasteiger charge is 2.43. The van der Waals surface area contributed by atoms with Gasteiger partial charge in [0.2, 0.25) is 0 Å². The summed E-state index contributed by atoms with van der Waals surface area (Å²) in [5.41, 5.74) is 1.06. The fourth-order valence-electron chi connectivity index (χ4n) is 4.17. The molecule has 0 spiro atoms. The van der Waals surface area contributed by atoms with E-state index >= 15 is 0 Å². The van der Waals surface area contributed by atoms with Gasteiger partial charge in [-0.05, 0) is 24.5 Å². The number of rotatable bonds is 3. The Kier molecular flexibility index (Phi) is 7.08. The van der Waals surface area contributed by atoms with E-state index in [4.69, 9.17) is 11.6 Å². The molecule has 1 heterocycles. The summed E-state index contributed by atoms with van der Waals surface area (Å²) in [5.74, 6) is -0.0546. The Morgan fingerprint density at radius 3 is 2.24 bits per heavy atom. The van der Waals surface area contributed by atoms with E-state index in [1.165, 1.54) is 44.9 Å². The molecular formula is C20H28ClNO2S. The highest BCUT2D eigenvalue weighted by atomic mass is 35.5. The molecule has 1 aliphatic heterocycles. The molecule has 2 unspecified atom stereocenters. The van der Waals surface area contributed by atoms with Crippen LogP contribution in [0, 0.1) is 0 Å². The monoisotopic (exact) mass is 381 g/mol.